The van der Waals surface area contributed by atoms with Gasteiger partial charge in [-0.05, 0) is 18.6 Å². The van der Waals surface area contributed by atoms with Crippen LogP contribution < -0.4 is 0 Å². The van der Waals surface area contributed by atoms with Crippen molar-refractivity contribution in [3.05, 3.63) is 42.9 Å². The van der Waals surface area contributed by atoms with Crippen LogP contribution in [-0.2, 0) is 4.74 Å². The molecule has 54 valence electrons. The zero-order valence-corrected chi connectivity index (χ0v) is 6.26. The van der Waals surface area contributed by atoms with Gasteiger partial charge in [-0.1, -0.05) is 18.4 Å². The summed E-state index contributed by atoms with van der Waals surface area (Å²) in [4.78, 5) is 0. The minimum Gasteiger partial charge on any atom is -0.489 e. The molecule has 0 amide bonds. The van der Waals surface area contributed by atoms with Gasteiger partial charge in [-0.25, -0.2) is 0 Å². The van der Waals surface area contributed by atoms with E-state index in [2.05, 4.69) is 18.9 Å². The third-order valence-electron chi connectivity index (χ3n) is 0.934. The summed E-state index contributed by atoms with van der Waals surface area (Å²) in [5.41, 5.74) is 2.90. The maximum atomic E-state index is 4.87. The first-order chi connectivity index (χ1) is 4.85. The lowest BCUT2D eigenvalue weighted by Gasteiger charge is -1.91. The van der Waals surface area contributed by atoms with Crippen LogP contribution in [0.4, 0.5) is 0 Å². The Morgan fingerprint density at radius 2 is 2.30 bits per heavy atom. The average molecular weight is 136 g/mol. The first kappa shape index (κ1) is 8.80. The van der Waals surface area contributed by atoms with E-state index in [1.165, 1.54) is 0 Å². The van der Waals surface area contributed by atoms with Crippen LogP contribution in [0.1, 0.15) is 6.42 Å². The Kier molecular flexibility index (Phi) is 5.22. The molecular weight excluding hydrogens is 124 g/mol. The van der Waals surface area contributed by atoms with Gasteiger partial charge in [0.1, 0.15) is 0 Å². The molecule has 1 heteroatoms. The molecule has 10 heavy (non-hydrogen) atoms. The fourth-order valence-corrected chi connectivity index (χ4v) is 0.444. The summed E-state index contributed by atoms with van der Waals surface area (Å²) in [6.07, 6.45) is 6.05. The van der Waals surface area contributed by atoms with Crippen molar-refractivity contribution >= 4 is 0 Å². The summed E-state index contributed by atoms with van der Waals surface area (Å²) in [6.45, 7) is 7.10. The molecule has 0 aromatic rings. The third-order valence-corrected chi connectivity index (χ3v) is 0.934. The Morgan fingerprint density at radius 3 is 2.70 bits per heavy atom. The van der Waals surface area contributed by atoms with Crippen LogP contribution >= 0.6 is 0 Å². The first-order valence-electron chi connectivity index (χ1n) is 3.07. The Balaban J connectivity index is 4.06. The van der Waals surface area contributed by atoms with Gasteiger partial charge in [-0.15, -0.1) is 6.58 Å². The van der Waals surface area contributed by atoms with Gasteiger partial charge >= 0.3 is 0 Å². The molecule has 1 nitrogen and oxygen atoms in total. The van der Waals surface area contributed by atoms with Crippen LogP contribution in [0.3, 0.4) is 0 Å². The fourth-order valence-electron chi connectivity index (χ4n) is 0.444. The molecule has 0 spiro atoms. The summed E-state index contributed by atoms with van der Waals surface area (Å²) in [5.74, 6) is 0.654. The Morgan fingerprint density at radius 1 is 1.60 bits per heavy atom. The van der Waals surface area contributed by atoms with Crippen molar-refractivity contribution in [2.45, 2.75) is 6.42 Å². The van der Waals surface area contributed by atoms with Crippen LogP contribution in [0.25, 0.3) is 0 Å². The van der Waals surface area contributed by atoms with Crippen molar-refractivity contribution in [1.82, 2.24) is 0 Å². The van der Waals surface area contributed by atoms with Gasteiger partial charge in [0.2, 0.25) is 0 Å². The first-order valence-corrected chi connectivity index (χ1v) is 3.07. The number of hydrogen-bond donors (Lipinski definition) is 0. The van der Waals surface area contributed by atoms with E-state index in [9.17, 15) is 0 Å². The molecule has 0 aromatic heterocycles. The van der Waals surface area contributed by atoms with E-state index in [4.69, 9.17) is 4.74 Å². The van der Waals surface area contributed by atoms with E-state index in [1.54, 1.807) is 19.3 Å². The fraction of sp³-hybridized carbons (Fsp3) is 0.222. The van der Waals surface area contributed by atoms with E-state index in [1.807, 2.05) is 6.08 Å². The van der Waals surface area contributed by atoms with Gasteiger partial charge in [-0.3, -0.25) is 0 Å². The number of rotatable bonds is 4. The number of allylic oxidation sites excluding steroid dienone is 2. The predicted molar refractivity (Wildman–Crippen MR) is 43.6 cm³/mol. The predicted octanol–water partition coefficient (Wildman–Crippen LogP) is 2.43. The molecule has 0 bridgehead atoms. The highest BCUT2D eigenvalue weighted by Crippen LogP contribution is 1.92. The summed E-state index contributed by atoms with van der Waals surface area (Å²) >= 11 is 0. The minimum absolute atomic E-state index is 0.654. The van der Waals surface area contributed by atoms with Gasteiger partial charge in [0.25, 0.3) is 0 Å². The van der Waals surface area contributed by atoms with Gasteiger partial charge in [0, 0.05) is 0 Å². The molecule has 0 aliphatic carbocycles. The van der Waals surface area contributed by atoms with Crippen LogP contribution in [0, 0.1) is 0 Å². The van der Waals surface area contributed by atoms with Crippen molar-refractivity contribution in [1.29, 1.82) is 0 Å². The van der Waals surface area contributed by atoms with Crippen molar-refractivity contribution in [2.75, 3.05) is 7.11 Å². The van der Waals surface area contributed by atoms with Gasteiger partial charge < -0.3 is 4.74 Å². The Hall–Kier alpha value is -1.20. The largest absolute Gasteiger partial charge is 0.489 e. The molecule has 0 aliphatic heterocycles. The second kappa shape index (κ2) is 5.93. The van der Waals surface area contributed by atoms with E-state index in [0.717, 1.165) is 6.42 Å². The molecule has 0 saturated carbocycles. The quantitative estimate of drug-likeness (QED) is 0.249. The number of methoxy groups -OCH3 is 1. The SMILES string of the molecule is C=CCC=C=C(C=C)OC. The molecule has 0 aliphatic rings. The topological polar surface area (TPSA) is 9.23 Å². The number of ether oxygens (including phenoxy) is 1. The lowest BCUT2D eigenvalue weighted by molar-refractivity contribution is 0.308. The number of hydrogen-bond acceptors (Lipinski definition) is 1. The van der Waals surface area contributed by atoms with Gasteiger partial charge in [0.15, 0.2) is 5.76 Å². The highest BCUT2D eigenvalue weighted by molar-refractivity contribution is 5.08. The maximum absolute atomic E-state index is 4.87. The summed E-state index contributed by atoms with van der Waals surface area (Å²) in [6, 6.07) is 0. The highest BCUT2D eigenvalue weighted by Gasteiger charge is 1.79. The second-order valence-corrected chi connectivity index (χ2v) is 1.65. The smallest absolute Gasteiger partial charge is 0.160 e. The van der Waals surface area contributed by atoms with E-state index < -0.39 is 0 Å². The zero-order chi connectivity index (χ0) is 7.82. The molecule has 0 fully saturated rings. The summed E-state index contributed by atoms with van der Waals surface area (Å²) in [7, 11) is 1.59. The molecule has 0 saturated heterocycles. The second-order valence-electron chi connectivity index (χ2n) is 1.65. The van der Waals surface area contributed by atoms with Crippen LogP contribution in [0.15, 0.2) is 42.9 Å². The van der Waals surface area contributed by atoms with Crippen LogP contribution in [0.5, 0.6) is 0 Å². The molecule has 0 rings (SSSR count). The minimum atomic E-state index is 0.654. The van der Waals surface area contributed by atoms with Gasteiger partial charge in [-0.2, -0.15) is 0 Å². The Bertz CT molecular complexity index is 171. The zero-order valence-electron chi connectivity index (χ0n) is 6.26. The standard InChI is InChI=1S/C9H12O/c1-4-6-7-8-9(5-2)10-3/h4-5,7H,1-2,6H2,3H3. The Labute approximate surface area is 62.0 Å². The van der Waals surface area contributed by atoms with E-state index in [0.29, 0.717) is 5.76 Å². The van der Waals surface area contributed by atoms with Gasteiger partial charge in [0.05, 0.1) is 7.11 Å². The maximum Gasteiger partial charge on any atom is 0.160 e. The van der Waals surface area contributed by atoms with E-state index in [-0.39, 0.29) is 0 Å². The highest BCUT2D eigenvalue weighted by atomic mass is 16.5. The molecule has 0 N–H and O–H groups in total. The summed E-state index contributed by atoms with van der Waals surface area (Å²) in [5, 5.41) is 0. The lowest BCUT2D eigenvalue weighted by Crippen LogP contribution is -1.75. The molecular formula is C9H12O. The van der Waals surface area contributed by atoms with Crippen molar-refractivity contribution in [3.8, 4) is 0 Å². The molecule has 0 atom stereocenters. The lowest BCUT2D eigenvalue weighted by atomic mass is 10.4. The average Bonchev–Trinajstić information content (AvgIpc) is 1.99. The van der Waals surface area contributed by atoms with Crippen molar-refractivity contribution in [3.63, 3.8) is 0 Å². The third kappa shape index (κ3) is 3.76. The summed E-state index contributed by atoms with van der Waals surface area (Å²) < 4.78 is 4.87. The molecule has 0 heterocycles. The van der Waals surface area contributed by atoms with Crippen molar-refractivity contribution in [2.24, 2.45) is 0 Å². The van der Waals surface area contributed by atoms with Crippen LogP contribution in [0.2, 0.25) is 0 Å². The molecule has 0 aromatic carbocycles. The normalized spacial score (nSPS) is 7.30. The molecule has 0 unspecified atom stereocenters. The van der Waals surface area contributed by atoms with Crippen LogP contribution in [-0.4, -0.2) is 7.11 Å². The van der Waals surface area contributed by atoms with E-state index >= 15 is 0 Å². The van der Waals surface area contributed by atoms with Crippen molar-refractivity contribution < 1.29 is 4.74 Å². The molecule has 0 radical (unpaired) electrons. The monoisotopic (exact) mass is 136 g/mol.